The zero-order valence-electron chi connectivity index (χ0n) is 13.2. The van der Waals surface area contributed by atoms with Gasteiger partial charge >= 0.3 is 5.82 Å². The van der Waals surface area contributed by atoms with Crippen LogP contribution in [0.3, 0.4) is 0 Å². The highest BCUT2D eigenvalue weighted by Gasteiger charge is 2.27. The molecule has 3 rings (SSSR count). The molecule has 9 heteroatoms. The van der Waals surface area contributed by atoms with Crippen LogP contribution in [0.4, 0.5) is 5.82 Å². The Kier molecular flexibility index (Phi) is 4.57. The van der Waals surface area contributed by atoms with Crippen molar-refractivity contribution in [3.63, 3.8) is 0 Å². The van der Waals surface area contributed by atoms with Crippen molar-refractivity contribution < 1.29 is 10.1 Å². The molecule has 0 bridgehead atoms. The van der Waals surface area contributed by atoms with Gasteiger partial charge in [0.25, 0.3) is 5.49 Å². The molecule has 1 aliphatic rings. The molecule has 1 aromatic carbocycles. The van der Waals surface area contributed by atoms with Crippen LogP contribution >= 0.6 is 11.6 Å². The molecule has 2 atom stereocenters. The second kappa shape index (κ2) is 6.64. The van der Waals surface area contributed by atoms with Gasteiger partial charge in [-0.3, -0.25) is 4.99 Å². The molecule has 1 aromatic heterocycles. The lowest BCUT2D eigenvalue weighted by Crippen LogP contribution is -2.28. The van der Waals surface area contributed by atoms with Crippen molar-refractivity contribution in [2.45, 2.75) is 38.6 Å². The summed E-state index contributed by atoms with van der Waals surface area (Å²) < 4.78 is 0. The number of nitrogens with zero attached hydrogens (tertiary/aromatic N) is 5. The molecule has 1 aliphatic carbocycles. The van der Waals surface area contributed by atoms with E-state index in [0.29, 0.717) is 21.5 Å². The van der Waals surface area contributed by atoms with Crippen LogP contribution in [-0.2, 0) is 0 Å². The van der Waals surface area contributed by atoms with Crippen LogP contribution < -0.4 is 5.49 Å². The minimum absolute atomic E-state index is 0.0622. The maximum Gasteiger partial charge on any atom is 0.438 e. The maximum absolute atomic E-state index is 11.3. The van der Waals surface area contributed by atoms with E-state index in [0.717, 1.165) is 30.5 Å². The lowest BCUT2D eigenvalue weighted by Gasteiger charge is -2.24. The topological polar surface area (TPSA) is 98.5 Å². The molecule has 1 fully saturated rings. The number of benzene rings is 1. The van der Waals surface area contributed by atoms with E-state index in [-0.39, 0.29) is 11.5 Å². The predicted octanol–water partition coefficient (Wildman–Crippen LogP) is 2.95. The van der Waals surface area contributed by atoms with Crippen molar-refractivity contribution in [1.29, 1.82) is 0 Å². The second-order valence-electron chi connectivity index (χ2n) is 6.02. The molecule has 0 saturated heterocycles. The summed E-state index contributed by atoms with van der Waals surface area (Å²) in [6, 6.07) is 6.47. The Morgan fingerprint density at radius 2 is 2.17 bits per heavy atom. The quantitative estimate of drug-likeness (QED) is 0.522. The number of halogens is 1. The Morgan fingerprint density at radius 1 is 1.42 bits per heavy atom. The molecule has 1 N–H and O–H groups in total. The third kappa shape index (κ3) is 3.14. The van der Waals surface area contributed by atoms with Gasteiger partial charge in [0.1, 0.15) is 5.69 Å². The predicted molar refractivity (Wildman–Crippen MR) is 87.4 cm³/mol. The molecule has 0 aliphatic heterocycles. The highest BCUT2D eigenvalue weighted by Crippen LogP contribution is 2.26. The van der Waals surface area contributed by atoms with E-state index in [1.807, 2.05) is 0 Å². The normalized spacial score (nSPS) is 21.8. The first-order valence-corrected chi connectivity index (χ1v) is 8.21. The molecule has 0 spiro atoms. The van der Waals surface area contributed by atoms with E-state index in [1.54, 1.807) is 24.3 Å². The fourth-order valence-electron chi connectivity index (χ4n) is 3.00. The number of aromatic nitrogens is 3. The van der Waals surface area contributed by atoms with Gasteiger partial charge in [0, 0.05) is 5.02 Å². The average molecular weight is 352 g/mol. The lowest BCUT2D eigenvalue weighted by molar-refractivity contribution is -0.391. The van der Waals surface area contributed by atoms with Crippen LogP contribution in [0.1, 0.15) is 32.6 Å². The SMILES string of the molecule is C[C@H]1CCCC[C@H]1N=c1c([N+](=O)[O-])nn(-c2cccc(Cl)c2)n1O. The van der Waals surface area contributed by atoms with Crippen LogP contribution in [0.15, 0.2) is 29.3 Å². The summed E-state index contributed by atoms with van der Waals surface area (Å²) in [7, 11) is 0. The average Bonchev–Trinajstić information content (AvgIpc) is 2.87. The Bertz CT molecular complexity index is 829. The van der Waals surface area contributed by atoms with Crippen molar-refractivity contribution in [2.75, 3.05) is 0 Å². The van der Waals surface area contributed by atoms with Crippen molar-refractivity contribution in [3.8, 4) is 5.69 Å². The van der Waals surface area contributed by atoms with Crippen LogP contribution in [-0.4, -0.2) is 30.9 Å². The second-order valence-corrected chi connectivity index (χ2v) is 6.46. The zero-order valence-corrected chi connectivity index (χ0v) is 13.9. The number of nitro groups is 1. The van der Waals surface area contributed by atoms with Crippen molar-refractivity contribution in [3.05, 3.63) is 44.9 Å². The summed E-state index contributed by atoms with van der Waals surface area (Å²) in [6.07, 6.45) is 4.03. The largest absolute Gasteiger partial charge is 0.438 e. The molecular weight excluding hydrogens is 334 g/mol. The van der Waals surface area contributed by atoms with E-state index in [1.165, 1.54) is 0 Å². The van der Waals surface area contributed by atoms with Crippen LogP contribution in [0, 0.1) is 16.0 Å². The Morgan fingerprint density at radius 3 is 2.83 bits per heavy atom. The van der Waals surface area contributed by atoms with E-state index in [4.69, 9.17) is 11.6 Å². The molecule has 24 heavy (non-hydrogen) atoms. The third-order valence-electron chi connectivity index (χ3n) is 4.32. The van der Waals surface area contributed by atoms with Crippen LogP contribution in [0.2, 0.25) is 5.02 Å². The minimum Gasteiger partial charge on any atom is -0.409 e. The van der Waals surface area contributed by atoms with E-state index >= 15 is 0 Å². The molecule has 0 amide bonds. The Hall–Kier alpha value is -2.35. The third-order valence-corrected chi connectivity index (χ3v) is 4.56. The molecular formula is C15H18ClN5O3. The van der Waals surface area contributed by atoms with E-state index in [2.05, 4.69) is 17.0 Å². The monoisotopic (exact) mass is 351 g/mol. The molecule has 1 heterocycles. The number of rotatable bonds is 3. The first kappa shape index (κ1) is 16.5. The highest BCUT2D eigenvalue weighted by molar-refractivity contribution is 6.30. The Balaban J connectivity index is 2.13. The van der Waals surface area contributed by atoms with Crippen molar-refractivity contribution in [2.24, 2.45) is 10.9 Å². The van der Waals surface area contributed by atoms with Gasteiger partial charge < -0.3 is 15.3 Å². The zero-order chi connectivity index (χ0) is 17.3. The molecule has 128 valence electrons. The van der Waals surface area contributed by atoms with Crippen molar-refractivity contribution in [1.82, 2.24) is 14.7 Å². The van der Waals surface area contributed by atoms with Crippen LogP contribution in [0.5, 0.6) is 0 Å². The lowest BCUT2D eigenvalue weighted by atomic mass is 9.86. The first-order valence-electron chi connectivity index (χ1n) is 7.83. The van der Waals surface area contributed by atoms with Gasteiger partial charge in [-0.15, -0.1) is 0 Å². The molecule has 0 radical (unpaired) electrons. The van der Waals surface area contributed by atoms with Gasteiger partial charge in [-0.25, -0.2) is 0 Å². The summed E-state index contributed by atoms with van der Waals surface area (Å²) in [5.41, 5.74) is 0.268. The van der Waals surface area contributed by atoms with Gasteiger partial charge in [-0.2, -0.15) is 0 Å². The van der Waals surface area contributed by atoms with E-state index < -0.39 is 10.7 Å². The summed E-state index contributed by atoms with van der Waals surface area (Å²) >= 11 is 5.94. The highest BCUT2D eigenvalue weighted by atomic mass is 35.5. The fraction of sp³-hybridized carbons (Fsp3) is 0.467. The van der Waals surface area contributed by atoms with Gasteiger partial charge in [0.2, 0.25) is 0 Å². The standard InChI is InChI=1S/C15H18ClN5O3/c1-10-5-2-3-8-13(10)17-14-15(21(23)24)18-19(20(14)22)12-7-4-6-11(16)9-12/h4,6-7,9-10,13,22H,2-3,5,8H2,1H3/t10-,13+/m0/s1. The Labute approximate surface area is 143 Å². The molecule has 2 aromatic rings. The van der Waals surface area contributed by atoms with E-state index in [9.17, 15) is 15.3 Å². The first-order chi connectivity index (χ1) is 11.5. The van der Waals surface area contributed by atoms with Crippen LogP contribution in [0.25, 0.3) is 5.69 Å². The summed E-state index contributed by atoms with van der Waals surface area (Å²) in [5, 5.41) is 26.0. The van der Waals surface area contributed by atoms with Gasteiger partial charge in [-0.1, -0.05) is 42.3 Å². The summed E-state index contributed by atoms with van der Waals surface area (Å²) in [6.45, 7) is 2.07. The minimum atomic E-state index is -0.639. The molecule has 1 saturated carbocycles. The van der Waals surface area contributed by atoms with Gasteiger partial charge in [-0.05, 0) is 46.7 Å². The number of hydrogen-bond acceptors (Lipinski definition) is 5. The smallest absolute Gasteiger partial charge is 0.409 e. The molecule has 0 unspecified atom stereocenters. The van der Waals surface area contributed by atoms with Crippen molar-refractivity contribution >= 4 is 17.4 Å². The molecule has 8 nitrogen and oxygen atoms in total. The van der Waals surface area contributed by atoms with Gasteiger partial charge in [0.05, 0.1) is 11.1 Å². The van der Waals surface area contributed by atoms with Gasteiger partial charge in [0.15, 0.2) is 0 Å². The summed E-state index contributed by atoms with van der Waals surface area (Å²) in [4.78, 5) is 16.8. The fourth-order valence-corrected chi connectivity index (χ4v) is 3.18. The maximum atomic E-state index is 11.3. The summed E-state index contributed by atoms with van der Waals surface area (Å²) in [5.74, 6) is -0.164. The number of hydrogen-bond donors (Lipinski definition) is 1.